The molecule has 0 aliphatic heterocycles. The Labute approximate surface area is 158 Å². The van der Waals surface area contributed by atoms with Gasteiger partial charge in [0.2, 0.25) is 0 Å². The summed E-state index contributed by atoms with van der Waals surface area (Å²) in [5, 5.41) is 0. The van der Waals surface area contributed by atoms with Crippen molar-refractivity contribution >= 4 is 0 Å². The highest BCUT2D eigenvalue weighted by atomic mass is 16.5. The van der Waals surface area contributed by atoms with E-state index in [1.165, 1.54) is 96.3 Å². The van der Waals surface area contributed by atoms with E-state index in [1.807, 2.05) is 0 Å². The number of unbranched alkanes of at least 4 members (excludes halogenated alkanes) is 3. The zero-order valence-electron chi connectivity index (χ0n) is 17.2. The lowest BCUT2D eigenvalue weighted by atomic mass is 9.70. The second-order valence-corrected chi connectivity index (χ2v) is 8.71. The number of rotatable bonds is 11. The van der Waals surface area contributed by atoms with Gasteiger partial charge in [-0.3, -0.25) is 0 Å². The fourth-order valence-electron chi connectivity index (χ4n) is 5.07. The first-order valence-corrected chi connectivity index (χ1v) is 11.6. The SMILES string of the molecule is CC/C=C/CC[C@H]1CC[C@H]([C@H]2CC[C@H](OCCCCCC)CC2)CC1. The van der Waals surface area contributed by atoms with Crippen LogP contribution in [0.2, 0.25) is 0 Å². The Kier molecular flexibility index (Phi) is 10.9. The largest absolute Gasteiger partial charge is 0.378 e. The van der Waals surface area contributed by atoms with Gasteiger partial charge in [0.1, 0.15) is 0 Å². The van der Waals surface area contributed by atoms with Crippen molar-refractivity contribution in [2.24, 2.45) is 17.8 Å². The number of ether oxygens (including phenoxy) is 1. The predicted octanol–water partition coefficient (Wildman–Crippen LogP) is 7.69. The van der Waals surface area contributed by atoms with E-state index >= 15 is 0 Å². The lowest BCUT2D eigenvalue weighted by molar-refractivity contribution is 0.00534. The third kappa shape index (κ3) is 8.29. The van der Waals surface area contributed by atoms with Crippen molar-refractivity contribution in [2.45, 2.75) is 116 Å². The van der Waals surface area contributed by atoms with E-state index in [0.717, 1.165) is 24.4 Å². The zero-order valence-corrected chi connectivity index (χ0v) is 17.2. The summed E-state index contributed by atoms with van der Waals surface area (Å²) < 4.78 is 6.14. The van der Waals surface area contributed by atoms with Crippen molar-refractivity contribution in [1.82, 2.24) is 0 Å². The molecule has 2 fully saturated rings. The molecule has 0 heterocycles. The molecular weight excluding hydrogens is 304 g/mol. The smallest absolute Gasteiger partial charge is 0.0575 e. The first-order chi connectivity index (χ1) is 12.3. The molecule has 0 N–H and O–H groups in total. The molecule has 146 valence electrons. The highest BCUT2D eigenvalue weighted by molar-refractivity contribution is 4.85. The minimum atomic E-state index is 0.583. The van der Waals surface area contributed by atoms with Gasteiger partial charge in [-0.1, -0.05) is 58.1 Å². The number of hydrogen-bond acceptors (Lipinski definition) is 1. The van der Waals surface area contributed by atoms with Gasteiger partial charge in [-0.25, -0.2) is 0 Å². The lowest BCUT2D eigenvalue weighted by Crippen LogP contribution is -2.28. The Morgan fingerprint density at radius 2 is 1.44 bits per heavy atom. The predicted molar refractivity (Wildman–Crippen MR) is 110 cm³/mol. The Hall–Kier alpha value is -0.300. The van der Waals surface area contributed by atoms with Gasteiger partial charge >= 0.3 is 0 Å². The number of allylic oxidation sites excluding steroid dienone is 2. The zero-order chi connectivity index (χ0) is 17.7. The molecule has 2 saturated carbocycles. The summed E-state index contributed by atoms with van der Waals surface area (Å²) in [4.78, 5) is 0. The summed E-state index contributed by atoms with van der Waals surface area (Å²) in [6.45, 7) is 5.51. The van der Waals surface area contributed by atoms with Crippen molar-refractivity contribution in [3.8, 4) is 0 Å². The van der Waals surface area contributed by atoms with E-state index in [0.29, 0.717) is 6.10 Å². The van der Waals surface area contributed by atoms with Crippen LogP contribution in [0.1, 0.15) is 110 Å². The maximum absolute atomic E-state index is 6.14. The van der Waals surface area contributed by atoms with Crippen molar-refractivity contribution < 1.29 is 4.74 Å². The molecule has 0 aromatic carbocycles. The number of hydrogen-bond donors (Lipinski definition) is 0. The summed E-state index contributed by atoms with van der Waals surface area (Å²) in [6.07, 6.45) is 26.1. The van der Waals surface area contributed by atoms with Gasteiger partial charge < -0.3 is 4.74 Å². The molecule has 0 radical (unpaired) electrons. The minimum Gasteiger partial charge on any atom is -0.378 e. The van der Waals surface area contributed by atoms with Gasteiger partial charge in [0.25, 0.3) is 0 Å². The van der Waals surface area contributed by atoms with Crippen molar-refractivity contribution in [1.29, 1.82) is 0 Å². The third-order valence-corrected chi connectivity index (χ3v) is 6.77. The van der Waals surface area contributed by atoms with Gasteiger partial charge in [0.05, 0.1) is 6.10 Å². The van der Waals surface area contributed by atoms with Crippen molar-refractivity contribution in [2.75, 3.05) is 6.61 Å². The van der Waals surface area contributed by atoms with Crippen LogP contribution >= 0.6 is 0 Å². The highest BCUT2D eigenvalue weighted by Crippen LogP contribution is 2.41. The van der Waals surface area contributed by atoms with Crippen LogP contribution in [0.3, 0.4) is 0 Å². The highest BCUT2D eigenvalue weighted by Gasteiger charge is 2.30. The molecule has 0 aromatic heterocycles. The minimum absolute atomic E-state index is 0.583. The van der Waals surface area contributed by atoms with E-state index < -0.39 is 0 Å². The first-order valence-electron chi connectivity index (χ1n) is 11.6. The molecule has 2 aliphatic rings. The third-order valence-electron chi connectivity index (χ3n) is 6.77. The topological polar surface area (TPSA) is 9.23 Å². The monoisotopic (exact) mass is 348 g/mol. The van der Waals surface area contributed by atoms with Crippen molar-refractivity contribution in [3.05, 3.63) is 12.2 Å². The van der Waals surface area contributed by atoms with E-state index in [1.54, 1.807) is 0 Å². The summed E-state index contributed by atoms with van der Waals surface area (Å²) >= 11 is 0. The second-order valence-electron chi connectivity index (χ2n) is 8.71. The van der Waals surface area contributed by atoms with Crippen LogP contribution in [0.5, 0.6) is 0 Å². The second kappa shape index (κ2) is 13.0. The standard InChI is InChI=1S/C24H44O/c1-3-5-7-9-11-21-12-14-22(15-13-21)23-16-18-24(19-17-23)25-20-10-8-6-4-2/h5,7,21-24H,3-4,6,8-20H2,1-2H3/b7-5+/t21-,22-,23-,24-. The molecule has 0 spiro atoms. The van der Waals surface area contributed by atoms with E-state index in [9.17, 15) is 0 Å². The fourth-order valence-corrected chi connectivity index (χ4v) is 5.07. The van der Waals surface area contributed by atoms with Crippen LogP contribution in [0.15, 0.2) is 12.2 Å². The molecule has 0 bridgehead atoms. The van der Waals surface area contributed by atoms with Crippen LogP contribution in [-0.2, 0) is 4.74 Å². The first kappa shape index (κ1) is 21.0. The van der Waals surface area contributed by atoms with Gasteiger partial charge in [-0.05, 0) is 82.0 Å². The molecule has 0 amide bonds. The van der Waals surface area contributed by atoms with Gasteiger partial charge in [0.15, 0.2) is 0 Å². The molecule has 0 saturated heterocycles. The molecule has 2 rings (SSSR count). The van der Waals surface area contributed by atoms with Crippen LogP contribution < -0.4 is 0 Å². The van der Waals surface area contributed by atoms with Gasteiger partial charge in [-0.15, -0.1) is 0 Å². The Bertz CT molecular complexity index is 332. The Morgan fingerprint density at radius 3 is 2.08 bits per heavy atom. The fraction of sp³-hybridized carbons (Fsp3) is 0.917. The molecule has 2 aliphatic carbocycles. The van der Waals surface area contributed by atoms with Crippen molar-refractivity contribution in [3.63, 3.8) is 0 Å². The lowest BCUT2D eigenvalue weighted by Gasteiger charge is -2.37. The molecular formula is C24H44O. The molecule has 1 heteroatoms. The summed E-state index contributed by atoms with van der Waals surface area (Å²) in [5.41, 5.74) is 0. The van der Waals surface area contributed by atoms with Crippen LogP contribution in [0, 0.1) is 17.8 Å². The van der Waals surface area contributed by atoms with E-state index in [2.05, 4.69) is 26.0 Å². The average Bonchev–Trinajstić information content (AvgIpc) is 2.66. The normalized spacial score (nSPS) is 30.8. The summed E-state index contributed by atoms with van der Waals surface area (Å²) in [7, 11) is 0. The average molecular weight is 349 g/mol. The van der Waals surface area contributed by atoms with Gasteiger partial charge in [0, 0.05) is 6.61 Å². The molecule has 0 unspecified atom stereocenters. The van der Waals surface area contributed by atoms with Crippen LogP contribution in [0.25, 0.3) is 0 Å². The summed E-state index contributed by atoms with van der Waals surface area (Å²) in [6, 6.07) is 0. The summed E-state index contributed by atoms with van der Waals surface area (Å²) in [5.74, 6) is 3.06. The molecule has 1 nitrogen and oxygen atoms in total. The maximum atomic E-state index is 6.14. The maximum Gasteiger partial charge on any atom is 0.0575 e. The van der Waals surface area contributed by atoms with Gasteiger partial charge in [-0.2, -0.15) is 0 Å². The van der Waals surface area contributed by atoms with E-state index in [4.69, 9.17) is 4.74 Å². The van der Waals surface area contributed by atoms with Crippen LogP contribution in [0.4, 0.5) is 0 Å². The van der Waals surface area contributed by atoms with Crippen LogP contribution in [-0.4, -0.2) is 12.7 Å². The quantitative estimate of drug-likeness (QED) is 0.274. The molecule has 25 heavy (non-hydrogen) atoms. The Morgan fingerprint density at radius 1 is 0.760 bits per heavy atom. The van der Waals surface area contributed by atoms with E-state index in [-0.39, 0.29) is 0 Å². The molecule has 0 aromatic rings. The Balaban J connectivity index is 1.54. The molecule has 0 atom stereocenters.